The molecule has 0 aliphatic heterocycles. The molecule has 0 amide bonds. The van der Waals surface area contributed by atoms with E-state index in [-0.39, 0.29) is 5.56 Å². The smallest absolute Gasteiger partial charge is 0.263 e. The van der Waals surface area contributed by atoms with Gasteiger partial charge in [-0.05, 0) is 6.07 Å². The summed E-state index contributed by atoms with van der Waals surface area (Å²) in [6.45, 7) is 0. The topological polar surface area (TPSA) is 12.9 Å². The number of aromatic nitrogens is 1. The first kappa shape index (κ1) is 12.1. The predicted octanol–water partition coefficient (Wildman–Crippen LogP) is 3.24. The molecule has 1 aromatic rings. The molecular weight excluding hydrogens is 271 g/mol. The molecule has 1 heterocycles. The number of hydrogen-bond donors (Lipinski definition) is 0. The van der Waals surface area contributed by atoms with Gasteiger partial charge in [-0.3, -0.25) is 4.98 Å². The minimum absolute atomic E-state index is 0.283. The normalized spacial score (nSPS) is 10.7. The molecule has 0 saturated heterocycles. The molecule has 1 nitrogen and oxygen atoms in total. The number of rotatable bonds is 1. The average Bonchev–Trinajstić information content (AvgIpc) is 2.17. The fourth-order valence-corrected chi connectivity index (χ4v) is 1.07. The van der Waals surface area contributed by atoms with E-state index in [1.165, 1.54) is 6.20 Å². The lowest BCUT2D eigenvalue weighted by Gasteiger charge is -2.04. The van der Waals surface area contributed by atoms with Crippen LogP contribution >= 0.6 is 15.9 Å². The molecule has 0 aromatic carbocycles. The van der Waals surface area contributed by atoms with Crippen molar-refractivity contribution in [2.45, 2.75) is 12.6 Å². The van der Waals surface area contributed by atoms with Crippen LogP contribution in [-0.2, 0) is 6.18 Å². The van der Waals surface area contributed by atoms with Crippen molar-refractivity contribution in [2.24, 2.45) is 0 Å². The van der Waals surface area contributed by atoms with E-state index in [9.17, 15) is 13.2 Å². The van der Waals surface area contributed by atoms with Crippen LogP contribution in [0.1, 0.15) is 17.5 Å². The molecule has 0 radical (unpaired) electrons. The molecule has 15 heavy (non-hydrogen) atoms. The molecule has 0 spiro atoms. The van der Waals surface area contributed by atoms with E-state index in [1.54, 1.807) is 0 Å². The van der Waals surface area contributed by atoms with Crippen molar-refractivity contribution in [1.82, 2.24) is 4.98 Å². The van der Waals surface area contributed by atoms with Crippen LogP contribution in [0.4, 0.5) is 13.2 Å². The van der Waals surface area contributed by atoms with Gasteiger partial charge in [0, 0.05) is 29.7 Å². The van der Waals surface area contributed by atoms with Crippen molar-refractivity contribution in [3.8, 4) is 11.8 Å². The van der Waals surface area contributed by atoms with Crippen molar-refractivity contribution >= 4 is 15.9 Å². The van der Waals surface area contributed by atoms with E-state index < -0.39 is 11.7 Å². The first-order valence-corrected chi connectivity index (χ1v) is 5.23. The molecule has 0 aliphatic carbocycles. The fourth-order valence-electron chi connectivity index (χ4n) is 0.875. The Morgan fingerprint density at radius 3 is 2.67 bits per heavy atom. The summed E-state index contributed by atoms with van der Waals surface area (Å²) >= 11 is 3.17. The number of halogens is 4. The van der Waals surface area contributed by atoms with Gasteiger partial charge in [-0.15, -0.1) is 0 Å². The summed E-state index contributed by atoms with van der Waals surface area (Å²) in [5.41, 5.74) is -0.487. The van der Waals surface area contributed by atoms with Gasteiger partial charge in [-0.1, -0.05) is 27.8 Å². The number of hydrogen-bond acceptors (Lipinski definition) is 1. The van der Waals surface area contributed by atoms with Crippen LogP contribution in [0.5, 0.6) is 0 Å². The molecule has 80 valence electrons. The maximum Gasteiger partial charge on any atom is 0.417 e. The van der Waals surface area contributed by atoms with Crippen LogP contribution in [0, 0.1) is 11.8 Å². The molecule has 0 aliphatic rings. The lowest BCUT2D eigenvalue weighted by Crippen LogP contribution is -2.05. The zero-order chi connectivity index (χ0) is 11.3. The molecule has 0 bridgehead atoms. The fraction of sp³-hybridized carbons (Fsp3) is 0.300. The van der Waals surface area contributed by atoms with E-state index >= 15 is 0 Å². The first-order chi connectivity index (χ1) is 7.04. The minimum Gasteiger partial charge on any atom is -0.263 e. The molecule has 0 atom stereocenters. The molecule has 0 fully saturated rings. The molecule has 0 unspecified atom stereocenters. The van der Waals surface area contributed by atoms with Crippen LogP contribution in [-0.4, -0.2) is 10.3 Å². The lowest BCUT2D eigenvalue weighted by atomic mass is 10.2. The Bertz CT molecular complexity index is 390. The van der Waals surface area contributed by atoms with Gasteiger partial charge < -0.3 is 0 Å². The van der Waals surface area contributed by atoms with Gasteiger partial charge in [0.05, 0.1) is 5.56 Å². The number of alkyl halides is 4. The Morgan fingerprint density at radius 2 is 2.07 bits per heavy atom. The minimum atomic E-state index is -4.36. The summed E-state index contributed by atoms with van der Waals surface area (Å²) in [5.74, 6) is 5.34. The molecule has 5 heteroatoms. The van der Waals surface area contributed by atoms with Crippen LogP contribution in [0.3, 0.4) is 0 Å². The third-order valence-corrected chi connectivity index (χ3v) is 1.91. The van der Waals surface area contributed by atoms with Gasteiger partial charge >= 0.3 is 6.18 Å². The highest BCUT2D eigenvalue weighted by Gasteiger charge is 2.30. The zero-order valence-electron chi connectivity index (χ0n) is 7.61. The van der Waals surface area contributed by atoms with E-state index in [0.29, 0.717) is 11.8 Å². The Morgan fingerprint density at radius 1 is 1.33 bits per heavy atom. The maximum absolute atomic E-state index is 12.3. The number of nitrogens with zero attached hydrogens (tertiary/aromatic N) is 1. The van der Waals surface area contributed by atoms with E-state index in [1.807, 2.05) is 0 Å². The van der Waals surface area contributed by atoms with Gasteiger partial charge in [0.25, 0.3) is 0 Å². The van der Waals surface area contributed by atoms with Crippen molar-refractivity contribution in [2.75, 3.05) is 5.33 Å². The summed E-state index contributed by atoms with van der Waals surface area (Å²) in [7, 11) is 0. The Kier molecular flexibility index (Phi) is 4.15. The van der Waals surface area contributed by atoms with E-state index in [2.05, 4.69) is 32.8 Å². The molecule has 1 rings (SSSR count). The third-order valence-electron chi connectivity index (χ3n) is 1.52. The van der Waals surface area contributed by atoms with Gasteiger partial charge in [0.15, 0.2) is 0 Å². The second-order valence-electron chi connectivity index (χ2n) is 2.70. The summed E-state index contributed by atoms with van der Waals surface area (Å²) in [6.07, 6.45) is -1.66. The van der Waals surface area contributed by atoms with Crippen molar-refractivity contribution in [3.63, 3.8) is 0 Å². The summed E-state index contributed by atoms with van der Waals surface area (Å²) in [5, 5.41) is 0.701. The highest BCUT2D eigenvalue weighted by atomic mass is 79.9. The standard InChI is InChI=1S/C10H7BrF3N/c11-4-2-1-3-8-5-9(7-15-6-8)10(12,13)14/h5-7H,2,4H2. The highest BCUT2D eigenvalue weighted by molar-refractivity contribution is 9.09. The van der Waals surface area contributed by atoms with Crippen LogP contribution in [0.15, 0.2) is 18.5 Å². The van der Waals surface area contributed by atoms with Crippen molar-refractivity contribution in [3.05, 3.63) is 29.6 Å². The van der Waals surface area contributed by atoms with Crippen molar-refractivity contribution < 1.29 is 13.2 Å². The Labute approximate surface area is 93.8 Å². The largest absolute Gasteiger partial charge is 0.417 e. The van der Waals surface area contributed by atoms with E-state index in [0.717, 1.165) is 12.3 Å². The summed E-state index contributed by atoms with van der Waals surface area (Å²) < 4.78 is 36.8. The van der Waals surface area contributed by atoms with Gasteiger partial charge in [0.2, 0.25) is 0 Å². The third kappa shape index (κ3) is 3.92. The molecular formula is C10H7BrF3N. The van der Waals surface area contributed by atoms with E-state index in [4.69, 9.17) is 0 Å². The first-order valence-electron chi connectivity index (χ1n) is 4.11. The van der Waals surface area contributed by atoms with Crippen molar-refractivity contribution in [1.29, 1.82) is 0 Å². The second kappa shape index (κ2) is 5.17. The van der Waals surface area contributed by atoms with Gasteiger partial charge in [-0.25, -0.2) is 0 Å². The van der Waals surface area contributed by atoms with Crippen LogP contribution in [0.25, 0.3) is 0 Å². The molecule has 1 aromatic heterocycles. The summed E-state index contributed by atoms with van der Waals surface area (Å²) in [6, 6.07) is 0.994. The average molecular weight is 278 g/mol. The van der Waals surface area contributed by atoms with Gasteiger partial charge in [0.1, 0.15) is 0 Å². The predicted molar refractivity (Wildman–Crippen MR) is 54.5 cm³/mol. The monoisotopic (exact) mass is 277 g/mol. The highest BCUT2D eigenvalue weighted by Crippen LogP contribution is 2.28. The van der Waals surface area contributed by atoms with Crippen LogP contribution < -0.4 is 0 Å². The molecule has 0 N–H and O–H groups in total. The maximum atomic E-state index is 12.3. The van der Waals surface area contributed by atoms with Crippen LogP contribution in [0.2, 0.25) is 0 Å². The second-order valence-corrected chi connectivity index (χ2v) is 3.49. The SMILES string of the molecule is FC(F)(F)c1cncc(C#CCCBr)c1. The summed E-state index contributed by atoms with van der Waals surface area (Å²) in [4.78, 5) is 3.50. The Balaban J connectivity index is 2.90. The quantitative estimate of drug-likeness (QED) is 0.567. The lowest BCUT2D eigenvalue weighted by molar-refractivity contribution is -0.137. The Hall–Kier alpha value is -1.02. The number of pyridine rings is 1. The zero-order valence-corrected chi connectivity index (χ0v) is 9.19. The molecule has 0 saturated carbocycles. The van der Waals surface area contributed by atoms with Gasteiger partial charge in [-0.2, -0.15) is 13.2 Å².